The Kier molecular flexibility index (Phi) is 5.35. The van der Waals surface area contributed by atoms with Gasteiger partial charge in [0, 0.05) is 42.6 Å². The van der Waals surface area contributed by atoms with Crippen molar-refractivity contribution >= 4 is 27.3 Å². The number of nitrogens with one attached hydrogen (secondary N) is 1. The zero-order chi connectivity index (χ0) is 14.6. The minimum atomic E-state index is -3.03. The molecule has 0 aliphatic carbocycles. The molecular formula is C14H22N2O2S2. The molecule has 2 atom stereocenters. The van der Waals surface area contributed by atoms with Crippen LogP contribution in [0.5, 0.6) is 0 Å². The van der Waals surface area contributed by atoms with Gasteiger partial charge in [0.25, 0.3) is 0 Å². The van der Waals surface area contributed by atoms with Crippen LogP contribution >= 0.6 is 11.8 Å². The number of benzene rings is 1. The minimum Gasteiger partial charge on any atom is -0.383 e. The van der Waals surface area contributed by atoms with E-state index in [2.05, 4.69) is 17.1 Å². The lowest BCUT2D eigenvalue weighted by atomic mass is 10.2. The molecule has 0 radical (unpaired) electrons. The van der Waals surface area contributed by atoms with Gasteiger partial charge in [-0.1, -0.05) is 18.2 Å². The van der Waals surface area contributed by atoms with Crippen molar-refractivity contribution in [2.45, 2.75) is 18.3 Å². The van der Waals surface area contributed by atoms with Crippen molar-refractivity contribution in [3.63, 3.8) is 0 Å². The molecule has 4 nitrogen and oxygen atoms in total. The van der Waals surface area contributed by atoms with Crippen LogP contribution in [0.15, 0.2) is 30.3 Å². The van der Waals surface area contributed by atoms with Crippen molar-refractivity contribution in [1.29, 1.82) is 0 Å². The van der Waals surface area contributed by atoms with Crippen molar-refractivity contribution in [1.82, 2.24) is 4.90 Å². The lowest BCUT2D eigenvalue weighted by Gasteiger charge is -2.38. The first-order valence-electron chi connectivity index (χ1n) is 6.80. The van der Waals surface area contributed by atoms with Gasteiger partial charge < -0.3 is 5.32 Å². The van der Waals surface area contributed by atoms with Crippen LogP contribution < -0.4 is 5.32 Å². The van der Waals surface area contributed by atoms with Gasteiger partial charge in [-0.05, 0) is 19.1 Å². The number of hydrogen-bond acceptors (Lipinski definition) is 5. The topological polar surface area (TPSA) is 49.4 Å². The standard InChI is InChI=1S/C14H22N2O2S2/c1-12(10-15-13-6-4-3-5-7-13)16-8-9-19-11-14(16)20(2,17)18/h3-7,12,14-15H,8-11H2,1-2H3. The molecule has 20 heavy (non-hydrogen) atoms. The van der Waals surface area contributed by atoms with Crippen LogP contribution in [-0.4, -0.2) is 55.6 Å². The zero-order valence-electron chi connectivity index (χ0n) is 12.0. The maximum Gasteiger partial charge on any atom is 0.164 e. The summed E-state index contributed by atoms with van der Waals surface area (Å²) in [5.74, 6) is 1.68. The second kappa shape index (κ2) is 6.83. The largest absolute Gasteiger partial charge is 0.383 e. The summed E-state index contributed by atoms with van der Waals surface area (Å²) in [5.41, 5.74) is 1.07. The highest BCUT2D eigenvalue weighted by molar-refractivity contribution is 8.00. The summed E-state index contributed by atoms with van der Waals surface area (Å²) < 4.78 is 23.8. The molecule has 1 aliphatic heterocycles. The quantitative estimate of drug-likeness (QED) is 0.899. The summed E-state index contributed by atoms with van der Waals surface area (Å²) in [7, 11) is -3.03. The molecule has 1 aromatic carbocycles. The Balaban J connectivity index is 1.98. The number of rotatable bonds is 5. The summed E-state index contributed by atoms with van der Waals surface area (Å²) in [5, 5.41) is 3.02. The molecule has 0 saturated carbocycles. The van der Waals surface area contributed by atoms with E-state index in [1.54, 1.807) is 11.8 Å². The maximum absolute atomic E-state index is 11.9. The van der Waals surface area contributed by atoms with Gasteiger partial charge in [0.15, 0.2) is 9.84 Å². The van der Waals surface area contributed by atoms with Crippen LogP contribution in [-0.2, 0) is 9.84 Å². The Hall–Kier alpha value is -0.720. The number of thioether (sulfide) groups is 1. The fourth-order valence-electron chi connectivity index (χ4n) is 2.41. The Labute approximate surface area is 125 Å². The molecule has 0 spiro atoms. The SMILES string of the molecule is CC(CNc1ccccc1)N1CCSCC1S(C)(=O)=O. The zero-order valence-corrected chi connectivity index (χ0v) is 13.6. The molecule has 2 rings (SSSR count). The van der Waals surface area contributed by atoms with E-state index in [1.165, 1.54) is 6.26 Å². The molecule has 1 N–H and O–H groups in total. The number of nitrogens with zero attached hydrogens (tertiary/aromatic N) is 1. The van der Waals surface area contributed by atoms with E-state index in [-0.39, 0.29) is 11.4 Å². The van der Waals surface area contributed by atoms with Crippen LogP contribution in [0, 0.1) is 0 Å². The Bertz CT molecular complexity index is 519. The number of sulfone groups is 1. The molecule has 0 aromatic heterocycles. The highest BCUT2D eigenvalue weighted by Gasteiger charge is 2.33. The maximum atomic E-state index is 11.9. The van der Waals surface area contributed by atoms with E-state index in [1.807, 2.05) is 30.3 Å². The predicted octanol–water partition coefficient (Wildman–Crippen LogP) is 1.91. The van der Waals surface area contributed by atoms with E-state index in [0.29, 0.717) is 5.75 Å². The molecule has 6 heteroatoms. The van der Waals surface area contributed by atoms with Crippen LogP contribution in [0.4, 0.5) is 5.69 Å². The molecule has 112 valence electrons. The van der Waals surface area contributed by atoms with Gasteiger partial charge >= 0.3 is 0 Å². The van der Waals surface area contributed by atoms with E-state index < -0.39 is 9.84 Å². The normalized spacial score (nSPS) is 22.4. The van der Waals surface area contributed by atoms with Crippen molar-refractivity contribution in [2.75, 3.05) is 36.2 Å². The third-order valence-corrected chi connectivity index (χ3v) is 6.22. The average molecular weight is 314 g/mol. The van der Waals surface area contributed by atoms with Crippen molar-refractivity contribution in [3.05, 3.63) is 30.3 Å². The summed E-state index contributed by atoms with van der Waals surface area (Å²) in [6.45, 7) is 3.67. The van der Waals surface area contributed by atoms with Crippen molar-refractivity contribution in [3.8, 4) is 0 Å². The van der Waals surface area contributed by atoms with Crippen molar-refractivity contribution in [2.24, 2.45) is 0 Å². The molecule has 1 heterocycles. The Morgan fingerprint density at radius 2 is 2.10 bits per heavy atom. The van der Waals surface area contributed by atoms with Gasteiger partial charge in [-0.25, -0.2) is 8.42 Å². The van der Waals surface area contributed by atoms with Gasteiger partial charge in [0.05, 0.1) is 0 Å². The van der Waals surface area contributed by atoms with Crippen molar-refractivity contribution < 1.29 is 8.42 Å². The van der Waals surface area contributed by atoms with Gasteiger partial charge in [-0.2, -0.15) is 11.8 Å². The van der Waals surface area contributed by atoms with E-state index in [9.17, 15) is 8.42 Å². The monoisotopic (exact) mass is 314 g/mol. The molecule has 1 aliphatic rings. The van der Waals surface area contributed by atoms with E-state index >= 15 is 0 Å². The van der Waals surface area contributed by atoms with E-state index in [0.717, 1.165) is 24.5 Å². The summed E-state index contributed by atoms with van der Waals surface area (Å²) in [6.07, 6.45) is 1.34. The average Bonchev–Trinajstić information content (AvgIpc) is 2.45. The predicted molar refractivity (Wildman–Crippen MR) is 87.1 cm³/mol. The second-order valence-corrected chi connectivity index (χ2v) is 8.55. The van der Waals surface area contributed by atoms with Gasteiger partial charge in [-0.15, -0.1) is 0 Å². The van der Waals surface area contributed by atoms with Crippen LogP contribution in [0.1, 0.15) is 6.92 Å². The second-order valence-electron chi connectivity index (χ2n) is 5.19. The molecular weight excluding hydrogens is 292 g/mol. The van der Waals surface area contributed by atoms with Gasteiger partial charge in [-0.3, -0.25) is 4.90 Å². The Morgan fingerprint density at radius 1 is 1.40 bits per heavy atom. The number of anilines is 1. The fraction of sp³-hybridized carbons (Fsp3) is 0.571. The highest BCUT2D eigenvalue weighted by Crippen LogP contribution is 2.22. The first-order chi connectivity index (χ1) is 9.48. The summed E-state index contributed by atoms with van der Waals surface area (Å²) in [4.78, 5) is 2.11. The molecule has 2 unspecified atom stereocenters. The number of para-hydroxylation sites is 1. The van der Waals surface area contributed by atoms with E-state index in [4.69, 9.17) is 0 Å². The minimum absolute atomic E-state index is 0.191. The van der Waals surface area contributed by atoms with Crippen LogP contribution in [0.3, 0.4) is 0 Å². The third kappa shape index (κ3) is 4.14. The molecule has 1 fully saturated rings. The molecule has 0 bridgehead atoms. The Morgan fingerprint density at radius 3 is 2.75 bits per heavy atom. The molecule has 1 aromatic rings. The first kappa shape index (κ1) is 15.7. The summed E-state index contributed by atoms with van der Waals surface area (Å²) >= 11 is 1.72. The lowest BCUT2D eigenvalue weighted by Crippen LogP contribution is -2.52. The smallest absolute Gasteiger partial charge is 0.164 e. The number of hydrogen-bond donors (Lipinski definition) is 1. The van der Waals surface area contributed by atoms with Gasteiger partial charge in [0.2, 0.25) is 0 Å². The van der Waals surface area contributed by atoms with Gasteiger partial charge in [0.1, 0.15) is 5.37 Å². The lowest BCUT2D eigenvalue weighted by molar-refractivity contribution is 0.213. The van der Waals surface area contributed by atoms with Crippen LogP contribution in [0.2, 0.25) is 0 Å². The molecule has 1 saturated heterocycles. The summed E-state index contributed by atoms with van der Waals surface area (Å²) in [6, 6.07) is 10.2. The van der Waals surface area contributed by atoms with Crippen LogP contribution in [0.25, 0.3) is 0 Å². The fourth-order valence-corrected chi connectivity index (χ4v) is 5.39. The molecule has 0 amide bonds. The first-order valence-corrected chi connectivity index (χ1v) is 9.90. The third-order valence-electron chi connectivity index (χ3n) is 3.56. The highest BCUT2D eigenvalue weighted by atomic mass is 32.2.